The Morgan fingerprint density at radius 2 is 1.83 bits per heavy atom. The van der Waals surface area contributed by atoms with Gasteiger partial charge >= 0.3 is 0 Å². The lowest BCUT2D eigenvalue weighted by molar-refractivity contribution is -0.121. The van der Waals surface area contributed by atoms with E-state index >= 15 is 0 Å². The highest BCUT2D eigenvalue weighted by molar-refractivity contribution is 5.78. The lowest BCUT2D eigenvalue weighted by Gasteiger charge is -2.25. The summed E-state index contributed by atoms with van der Waals surface area (Å²) in [6.45, 7) is 5.04. The molecule has 0 aromatic heterocycles. The Labute approximate surface area is 111 Å². The van der Waals surface area contributed by atoms with Crippen LogP contribution < -0.4 is 10.6 Å². The third-order valence-corrected chi connectivity index (χ3v) is 3.45. The maximum atomic E-state index is 11.9. The van der Waals surface area contributed by atoms with Gasteiger partial charge in [-0.1, -0.05) is 25.7 Å². The van der Waals surface area contributed by atoms with Gasteiger partial charge in [-0.15, -0.1) is 0 Å². The average molecular weight is 256 g/mol. The number of hydrogen-bond acceptors (Lipinski definition) is 3. The molecule has 0 spiro atoms. The maximum absolute atomic E-state index is 11.9. The zero-order valence-corrected chi connectivity index (χ0v) is 12.1. The van der Waals surface area contributed by atoms with Gasteiger partial charge in [-0.3, -0.25) is 4.79 Å². The third-order valence-electron chi connectivity index (χ3n) is 3.45. The van der Waals surface area contributed by atoms with Gasteiger partial charge in [0.1, 0.15) is 0 Å². The zero-order chi connectivity index (χ0) is 13.4. The van der Waals surface area contributed by atoms with Crippen LogP contribution in [0.15, 0.2) is 0 Å². The highest BCUT2D eigenvalue weighted by Crippen LogP contribution is 2.17. The summed E-state index contributed by atoms with van der Waals surface area (Å²) in [6.07, 6.45) is 7.37. The first-order valence-electron chi connectivity index (χ1n) is 7.07. The maximum Gasteiger partial charge on any atom is 0.234 e. The minimum atomic E-state index is -0.157. The number of carbonyl (C=O) groups is 1. The molecule has 0 aromatic carbocycles. The summed E-state index contributed by atoms with van der Waals surface area (Å²) in [5.41, 5.74) is -0.157. The highest BCUT2D eigenvalue weighted by Gasteiger charge is 2.19. The van der Waals surface area contributed by atoms with Gasteiger partial charge < -0.3 is 15.4 Å². The molecule has 0 atom stereocenters. The fraction of sp³-hybridized carbons (Fsp3) is 0.929. The molecular weight excluding hydrogens is 228 g/mol. The van der Waals surface area contributed by atoms with Crippen LogP contribution in [0.25, 0.3) is 0 Å². The number of methoxy groups -OCH3 is 1. The van der Waals surface area contributed by atoms with E-state index in [9.17, 15) is 4.79 Å². The molecular formula is C14H28N2O2. The molecule has 0 aromatic rings. The topological polar surface area (TPSA) is 50.4 Å². The Kier molecular flexibility index (Phi) is 6.65. The summed E-state index contributed by atoms with van der Waals surface area (Å²) >= 11 is 0. The smallest absolute Gasteiger partial charge is 0.234 e. The number of rotatable bonds is 6. The van der Waals surface area contributed by atoms with E-state index < -0.39 is 0 Å². The highest BCUT2D eigenvalue weighted by atomic mass is 16.5. The van der Waals surface area contributed by atoms with E-state index in [1.54, 1.807) is 7.11 Å². The van der Waals surface area contributed by atoms with Gasteiger partial charge in [-0.05, 0) is 26.7 Å². The Balaban J connectivity index is 2.24. The molecule has 1 rings (SSSR count). The predicted octanol–water partition coefficient (Wildman–Crippen LogP) is 1.84. The van der Waals surface area contributed by atoms with Crippen molar-refractivity contribution in [1.82, 2.24) is 10.6 Å². The first-order chi connectivity index (χ1) is 8.53. The van der Waals surface area contributed by atoms with E-state index in [1.165, 1.54) is 25.7 Å². The van der Waals surface area contributed by atoms with Crippen LogP contribution >= 0.6 is 0 Å². The van der Waals surface area contributed by atoms with Gasteiger partial charge in [-0.25, -0.2) is 0 Å². The fourth-order valence-corrected chi connectivity index (χ4v) is 2.43. The first kappa shape index (κ1) is 15.4. The lowest BCUT2D eigenvalue weighted by Crippen LogP contribution is -2.49. The van der Waals surface area contributed by atoms with Crippen molar-refractivity contribution in [2.45, 2.75) is 64.0 Å². The first-order valence-corrected chi connectivity index (χ1v) is 7.07. The van der Waals surface area contributed by atoms with Gasteiger partial charge in [0.2, 0.25) is 5.91 Å². The van der Waals surface area contributed by atoms with E-state index in [1.807, 2.05) is 13.8 Å². The zero-order valence-electron chi connectivity index (χ0n) is 12.1. The molecule has 0 heterocycles. The van der Waals surface area contributed by atoms with Crippen LogP contribution in [0.3, 0.4) is 0 Å². The van der Waals surface area contributed by atoms with Gasteiger partial charge in [0.05, 0.1) is 13.2 Å². The normalized spacial score (nSPS) is 18.4. The number of carbonyl (C=O) groups excluding carboxylic acids is 1. The van der Waals surface area contributed by atoms with Gasteiger partial charge in [0.15, 0.2) is 0 Å². The molecule has 106 valence electrons. The van der Waals surface area contributed by atoms with Crippen molar-refractivity contribution in [2.75, 3.05) is 20.3 Å². The van der Waals surface area contributed by atoms with Crippen molar-refractivity contribution in [3.63, 3.8) is 0 Å². The second-order valence-corrected chi connectivity index (χ2v) is 5.93. The minimum absolute atomic E-state index is 0.103. The van der Waals surface area contributed by atoms with Crippen LogP contribution in [-0.4, -0.2) is 37.7 Å². The van der Waals surface area contributed by atoms with Crippen molar-refractivity contribution in [2.24, 2.45) is 0 Å². The Morgan fingerprint density at radius 1 is 1.22 bits per heavy atom. The lowest BCUT2D eigenvalue weighted by atomic mass is 10.1. The standard InChI is InChI=1S/C14H28N2O2/c1-14(2,11-18-3)15-10-13(17)16-12-8-6-4-5-7-9-12/h12,15H,4-11H2,1-3H3,(H,16,17). The van der Waals surface area contributed by atoms with Gasteiger partial charge in [0.25, 0.3) is 0 Å². The van der Waals surface area contributed by atoms with Crippen LogP contribution in [0.5, 0.6) is 0 Å². The van der Waals surface area contributed by atoms with Gasteiger partial charge in [0, 0.05) is 18.7 Å². The summed E-state index contributed by atoms with van der Waals surface area (Å²) in [6, 6.07) is 0.382. The number of hydrogen-bond donors (Lipinski definition) is 2. The molecule has 2 N–H and O–H groups in total. The van der Waals surface area contributed by atoms with E-state index in [4.69, 9.17) is 4.74 Å². The SMILES string of the molecule is COCC(C)(C)NCC(=O)NC1CCCCCC1. The Bertz CT molecular complexity index is 246. The van der Waals surface area contributed by atoms with E-state index in [0.29, 0.717) is 19.2 Å². The Morgan fingerprint density at radius 3 is 2.39 bits per heavy atom. The monoisotopic (exact) mass is 256 g/mol. The van der Waals surface area contributed by atoms with Gasteiger partial charge in [-0.2, -0.15) is 0 Å². The molecule has 1 aliphatic rings. The van der Waals surface area contributed by atoms with Crippen LogP contribution in [0.4, 0.5) is 0 Å². The van der Waals surface area contributed by atoms with Crippen molar-refractivity contribution in [3.8, 4) is 0 Å². The molecule has 0 aliphatic heterocycles. The van der Waals surface area contributed by atoms with Crippen molar-refractivity contribution in [1.29, 1.82) is 0 Å². The Hall–Kier alpha value is -0.610. The fourth-order valence-electron chi connectivity index (χ4n) is 2.43. The molecule has 0 saturated heterocycles. The number of amides is 1. The van der Waals surface area contributed by atoms with Crippen molar-refractivity contribution >= 4 is 5.91 Å². The molecule has 0 unspecified atom stereocenters. The van der Waals surface area contributed by atoms with Crippen molar-refractivity contribution < 1.29 is 9.53 Å². The molecule has 4 heteroatoms. The summed E-state index contributed by atoms with van der Waals surface area (Å²) in [5.74, 6) is 0.103. The second-order valence-electron chi connectivity index (χ2n) is 5.93. The molecule has 0 radical (unpaired) electrons. The largest absolute Gasteiger partial charge is 0.383 e. The summed E-state index contributed by atoms with van der Waals surface area (Å²) in [7, 11) is 1.68. The number of ether oxygens (including phenoxy) is 1. The van der Waals surface area contributed by atoms with E-state index in [2.05, 4.69) is 10.6 Å². The molecule has 1 saturated carbocycles. The molecule has 1 aliphatic carbocycles. The number of nitrogens with one attached hydrogen (secondary N) is 2. The predicted molar refractivity (Wildman–Crippen MR) is 73.6 cm³/mol. The van der Waals surface area contributed by atoms with E-state index in [0.717, 1.165) is 12.8 Å². The average Bonchev–Trinajstić information content (AvgIpc) is 2.55. The third kappa shape index (κ3) is 6.36. The van der Waals surface area contributed by atoms with Crippen LogP contribution in [0.2, 0.25) is 0 Å². The molecule has 1 amide bonds. The molecule has 4 nitrogen and oxygen atoms in total. The van der Waals surface area contributed by atoms with Crippen LogP contribution in [0.1, 0.15) is 52.4 Å². The van der Waals surface area contributed by atoms with Crippen LogP contribution in [-0.2, 0) is 9.53 Å². The summed E-state index contributed by atoms with van der Waals surface area (Å²) in [4.78, 5) is 11.9. The van der Waals surface area contributed by atoms with E-state index in [-0.39, 0.29) is 11.4 Å². The minimum Gasteiger partial charge on any atom is -0.383 e. The molecule has 0 bridgehead atoms. The molecule has 1 fully saturated rings. The summed E-state index contributed by atoms with van der Waals surface area (Å²) < 4.78 is 5.11. The summed E-state index contributed by atoms with van der Waals surface area (Å²) in [5, 5.41) is 6.36. The molecule has 18 heavy (non-hydrogen) atoms. The second kappa shape index (κ2) is 7.74. The quantitative estimate of drug-likeness (QED) is 0.713. The van der Waals surface area contributed by atoms with Crippen molar-refractivity contribution in [3.05, 3.63) is 0 Å². The van der Waals surface area contributed by atoms with Crippen LogP contribution in [0, 0.1) is 0 Å².